The molecule has 0 unspecified atom stereocenters. The van der Waals surface area contributed by atoms with Gasteiger partial charge >= 0.3 is 0 Å². The molecule has 0 atom stereocenters. The molecular formula is C14H11ClN4O2. The quantitative estimate of drug-likeness (QED) is 0.760. The summed E-state index contributed by atoms with van der Waals surface area (Å²) in [4.78, 5) is 18.9. The van der Waals surface area contributed by atoms with E-state index in [0.29, 0.717) is 16.1 Å². The number of aromatic nitrogens is 4. The number of hydrogen-bond donors (Lipinski definition) is 2. The van der Waals surface area contributed by atoms with Crippen LogP contribution >= 0.6 is 11.6 Å². The number of hydrogen-bond acceptors (Lipinski definition) is 4. The Hall–Kier alpha value is -2.60. The molecule has 2 aromatic heterocycles. The summed E-state index contributed by atoms with van der Waals surface area (Å²) in [7, 11) is 1.75. The van der Waals surface area contributed by atoms with E-state index < -0.39 is 5.56 Å². The molecule has 0 saturated carbocycles. The van der Waals surface area contributed by atoms with Crippen molar-refractivity contribution in [1.82, 2.24) is 19.7 Å². The summed E-state index contributed by atoms with van der Waals surface area (Å²) in [6.45, 7) is 0. The molecule has 7 heteroatoms. The number of aromatic hydroxyl groups is 1. The van der Waals surface area contributed by atoms with E-state index in [2.05, 4.69) is 15.1 Å². The Balaban J connectivity index is 2.15. The molecule has 106 valence electrons. The minimum Gasteiger partial charge on any atom is -0.493 e. The zero-order valence-corrected chi connectivity index (χ0v) is 11.8. The Morgan fingerprint density at radius 1 is 1.33 bits per heavy atom. The first kappa shape index (κ1) is 13.4. The van der Waals surface area contributed by atoms with Crippen LogP contribution in [0.25, 0.3) is 22.5 Å². The maximum atomic E-state index is 12.2. The van der Waals surface area contributed by atoms with E-state index in [9.17, 15) is 9.90 Å². The molecule has 1 aromatic carbocycles. The number of halogens is 1. The van der Waals surface area contributed by atoms with Gasteiger partial charge in [0.15, 0.2) is 0 Å². The number of rotatable bonds is 2. The molecule has 6 nitrogen and oxygen atoms in total. The van der Waals surface area contributed by atoms with Gasteiger partial charge in [0.05, 0.1) is 11.8 Å². The topological polar surface area (TPSA) is 83.8 Å². The normalized spacial score (nSPS) is 10.8. The van der Waals surface area contributed by atoms with Crippen LogP contribution in [0.3, 0.4) is 0 Å². The van der Waals surface area contributed by atoms with Gasteiger partial charge in [-0.3, -0.25) is 9.48 Å². The van der Waals surface area contributed by atoms with E-state index >= 15 is 0 Å². The maximum Gasteiger partial charge on any atom is 0.262 e. The minimum atomic E-state index is -0.441. The second-order valence-corrected chi connectivity index (χ2v) is 4.96. The summed E-state index contributed by atoms with van der Waals surface area (Å²) in [5.41, 5.74) is 0.766. The van der Waals surface area contributed by atoms with E-state index in [1.807, 2.05) is 0 Å². The van der Waals surface area contributed by atoms with Crippen molar-refractivity contribution >= 4 is 11.6 Å². The smallest absolute Gasteiger partial charge is 0.262 e. The highest BCUT2D eigenvalue weighted by molar-refractivity contribution is 6.30. The van der Waals surface area contributed by atoms with Crippen molar-refractivity contribution in [3.05, 3.63) is 52.0 Å². The van der Waals surface area contributed by atoms with Gasteiger partial charge in [0, 0.05) is 18.3 Å². The summed E-state index contributed by atoms with van der Waals surface area (Å²) in [5, 5.41) is 14.6. The largest absolute Gasteiger partial charge is 0.493 e. The predicted octanol–water partition coefficient (Wildman–Crippen LogP) is 2.20. The van der Waals surface area contributed by atoms with Crippen LogP contribution in [0.2, 0.25) is 5.02 Å². The van der Waals surface area contributed by atoms with Crippen LogP contribution in [0.1, 0.15) is 0 Å². The molecule has 0 bridgehead atoms. The molecule has 21 heavy (non-hydrogen) atoms. The lowest BCUT2D eigenvalue weighted by Gasteiger charge is -2.05. The minimum absolute atomic E-state index is 0.0881. The number of nitrogens with one attached hydrogen (secondary N) is 1. The van der Waals surface area contributed by atoms with Crippen LogP contribution < -0.4 is 5.56 Å². The molecule has 2 heterocycles. The Labute approximate surface area is 124 Å². The highest BCUT2D eigenvalue weighted by Crippen LogP contribution is 2.27. The standard InChI is InChI=1S/C14H11ClN4O2/c1-19-7-9(6-16-19)12-17-13(20)11(14(21)18-12)8-3-2-4-10(15)5-8/h2-7H,1H3,(H2,17,18,20,21). The zero-order chi connectivity index (χ0) is 15.0. The SMILES string of the molecule is Cn1cc(-c2nc(O)c(-c3cccc(Cl)c3)c(=O)[nH]2)cn1. The van der Waals surface area contributed by atoms with Crippen molar-refractivity contribution < 1.29 is 5.11 Å². The third kappa shape index (κ3) is 2.53. The van der Waals surface area contributed by atoms with Gasteiger partial charge in [-0.2, -0.15) is 10.1 Å². The lowest BCUT2D eigenvalue weighted by Crippen LogP contribution is -2.12. The number of benzene rings is 1. The molecule has 0 radical (unpaired) electrons. The van der Waals surface area contributed by atoms with Crippen molar-refractivity contribution in [2.45, 2.75) is 0 Å². The molecule has 0 amide bonds. The molecule has 2 N–H and O–H groups in total. The molecule has 0 aliphatic carbocycles. The first-order valence-electron chi connectivity index (χ1n) is 6.13. The maximum absolute atomic E-state index is 12.2. The Morgan fingerprint density at radius 3 is 2.76 bits per heavy atom. The van der Waals surface area contributed by atoms with E-state index in [1.165, 1.54) is 0 Å². The van der Waals surface area contributed by atoms with Gasteiger partial charge in [-0.1, -0.05) is 23.7 Å². The third-order valence-electron chi connectivity index (χ3n) is 2.99. The van der Waals surface area contributed by atoms with Crippen LogP contribution in [0.4, 0.5) is 0 Å². The number of aromatic amines is 1. The van der Waals surface area contributed by atoms with Crippen LogP contribution in [0, 0.1) is 0 Å². The van der Waals surface area contributed by atoms with Gasteiger partial charge < -0.3 is 10.1 Å². The van der Waals surface area contributed by atoms with Gasteiger partial charge in [0.2, 0.25) is 5.88 Å². The molecule has 3 aromatic rings. The van der Waals surface area contributed by atoms with Gasteiger partial charge in [-0.05, 0) is 17.7 Å². The lowest BCUT2D eigenvalue weighted by molar-refractivity contribution is 0.454. The van der Waals surface area contributed by atoms with Crippen molar-refractivity contribution in [3.8, 4) is 28.4 Å². The summed E-state index contributed by atoms with van der Waals surface area (Å²) >= 11 is 5.90. The first-order valence-corrected chi connectivity index (χ1v) is 6.50. The Morgan fingerprint density at radius 2 is 2.14 bits per heavy atom. The van der Waals surface area contributed by atoms with Gasteiger partial charge in [0.1, 0.15) is 11.4 Å². The predicted molar refractivity (Wildman–Crippen MR) is 79.2 cm³/mol. The molecule has 0 fully saturated rings. The lowest BCUT2D eigenvalue weighted by atomic mass is 10.1. The summed E-state index contributed by atoms with van der Waals surface area (Å²) < 4.78 is 1.58. The van der Waals surface area contributed by atoms with E-state index in [0.717, 1.165) is 0 Å². The highest BCUT2D eigenvalue weighted by Gasteiger charge is 2.14. The summed E-state index contributed by atoms with van der Waals surface area (Å²) in [6.07, 6.45) is 3.24. The van der Waals surface area contributed by atoms with Gasteiger partial charge in [0.25, 0.3) is 5.56 Å². The summed E-state index contributed by atoms with van der Waals surface area (Å²) in [6, 6.07) is 6.66. The number of nitrogens with zero attached hydrogens (tertiary/aromatic N) is 3. The van der Waals surface area contributed by atoms with E-state index in [1.54, 1.807) is 48.4 Å². The van der Waals surface area contributed by atoms with Crippen molar-refractivity contribution in [2.75, 3.05) is 0 Å². The van der Waals surface area contributed by atoms with Gasteiger partial charge in [-0.15, -0.1) is 0 Å². The number of H-pyrrole nitrogens is 1. The van der Waals surface area contributed by atoms with Crippen LogP contribution in [-0.2, 0) is 7.05 Å². The van der Waals surface area contributed by atoms with Crippen molar-refractivity contribution in [3.63, 3.8) is 0 Å². The summed E-state index contributed by atoms with van der Waals surface area (Å²) in [5.74, 6) is -0.0868. The van der Waals surface area contributed by atoms with Crippen LogP contribution in [-0.4, -0.2) is 24.9 Å². The Kier molecular flexibility index (Phi) is 3.23. The third-order valence-corrected chi connectivity index (χ3v) is 3.23. The molecule has 0 spiro atoms. The number of aryl methyl sites for hydroxylation is 1. The monoisotopic (exact) mass is 302 g/mol. The van der Waals surface area contributed by atoms with E-state index in [-0.39, 0.29) is 17.3 Å². The fourth-order valence-electron chi connectivity index (χ4n) is 2.05. The zero-order valence-electron chi connectivity index (χ0n) is 11.0. The highest BCUT2D eigenvalue weighted by atomic mass is 35.5. The van der Waals surface area contributed by atoms with Crippen LogP contribution in [0.15, 0.2) is 41.5 Å². The average Bonchev–Trinajstić information content (AvgIpc) is 2.85. The van der Waals surface area contributed by atoms with E-state index in [4.69, 9.17) is 11.6 Å². The molecule has 0 saturated heterocycles. The molecule has 3 rings (SSSR count). The first-order chi connectivity index (χ1) is 10.0. The molecular weight excluding hydrogens is 292 g/mol. The second kappa shape index (κ2) is 5.06. The molecule has 0 aliphatic heterocycles. The van der Waals surface area contributed by atoms with Crippen molar-refractivity contribution in [1.29, 1.82) is 0 Å². The van der Waals surface area contributed by atoms with Crippen LogP contribution in [0.5, 0.6) is 5.88 Å². The Bertz CT molecular complexity index is 869. The average molecular weight is 303 g/mol. The fourth-order valence-corrected chi connectivity index (χ4v) is 2.24. The second-order valence-electron chi connectivity index (χ2n) is 4.53. The van der Waals surface area contributed by atoms with Gasteiger partial charge in [-0.25, -0.2) is 0 Å². The molecule has 0 aliphatic rings. The van der Waals surface area contributed by atoms with Crippen molar-refractivity contribution in [2.24, 2.45) is 7.05 Å². The fraction of sp³-hybridized carbons (Fsp3) is 0.0714.